The average Bonchev–Trinajstić information content (AvgIpc) is 1.29. The molecule has 17 nitrogen and oxygen atoms in total. The average molecular weight is 1370 g/mol. The van der Waals surface area contributed by atoms with E-state index in [9.17, 15) is 43.2 Å². The van der Waals surface area contributed by atoms with Crippen LogP contribution in [0.3, 0.4) is 0 Å². The van der Waals surface area contributed by atoms with Crippen molar-refractivity contribution in [1.82, 2.24) is 0 Å². The van der Waals surface area contributed by atoms with Crippen molar-refractivity contribution >= 4 is 39.5 Å². The molecule has 0 saturated heterocycles. The number of aliphatic hydroxyl groups excluding tert-OH is 1. The molecule has 5 unspecified atom stereocenters. The molecule has 0 heterocycles. The van der Waals surface area contributed by atoms with Gasteiger partial charge in [0.2, 0.25) is 0 Å². The zero-order valence-corrected chi connectivity index (χ0v) is 61.4. The third kappa shape index (κ3) is 67.3. The third-order valence-electron chi connectivity index (χ3n) is 16.0. The summed E-state index contributed by atoms with van der Waals surface area (Å²) in [7, 11) is -9.93. The summed E-state index contributed by atoms with van der Waals surface area (Å²) in [6, 6.07) is 0. The summed E-state index contributed by atoms with van der Waals surface area (Å²) in [5.74, 6) is -2.18. The Morgan fingerprint density at radius 3 is 0.862 bits per heavy atom. The number of ether oxygens (including phenoxy) is 4. The van der Waals surface area contributed by atoms with Gasteiger partial charge in [-0.05, 0) is 89.9 Å². The van der Waals surface area contributed by atoms with Crippen LogP contribution in [-0.4, -0.2) is 96.7 Å². The predicted octanol–water partition coefficient (Wildman–Crippen LogP) is 21.1. The van der Waals surface area contributed by atoms with E-state index in [0.29, 0.717) is 25.7 Å². The lowest BCUT2D eigenvalue weighted by Gasteiger charge is -2.21. The van der Waals surface area contributed by atoms with Gasteiger partial charge in [0.15, 0.2) is 12.2 Å². The van der Waals surface area contributed by atoms with Crippen molar-refractivity contribution in [2.45, 2.75) is 354 Å². The van der Waals surface area contributed by atoms with Gasteiger partial charge in [-0.15, -0.1) is 0 Å². The molecule has 0 aliphatic rings. The number of aliphatic hydroxyl groups is 1. The SMILES string of the molecule is CC/C=C\C/C=C\C/C=C\C/C=C\CCCCCCC(=O)OCC(COP(=O)(O)OCC(O)COP(=O)(O)OCC(COC(=O)CCCCCCCCCCCCC)OC(=O)CCCCCCCCCCCCC)OC(=O)CCCCCCC/C=C\CCCCCCCC. The molecule has 0 aliphatic heterocycles. The Kier molecular flexibility index (Phi) is 65.9. The number of rotatable bonds is 71. The minimum absolute atomic E-state index is 0.0830. The van der Waals surface area contributed by atoms with Crippen molar-refractivity contribution in [2.24, 2.45) is 0 Å². The maximum atomic E-state index is 13.1. The summed E-state index contributed by atoms with van der Waals surface area (Å²) < 4.78 is 68.3. The van der Waals surface area contributed by atoms with E-state index in [4.69, 9.17) is 37.0 Å². The molecule has 0 radical (unpaired) electrons. The molecule has 0 aliphatic carbocycles. The first-order chi connectivity index (χ1) is 45.7. The largest absolute Gasteiger partial charge is 0.472 e. The van der Waals surface area contributed by atoms with Gasteiger partial charge in [0.1, 0.15) is 19.3 Å². The van der Waals surface area contributed by atoms with Gasteiger partial charge in [-0.1, -0.05) is 281 Å². The number of phosphoric acid groups is 2. The van der Waals surface area contributed by atoms with Crippen molar-refractivity contribution in [3.8, 4) is 0 Å². The number of carbonyl (C=O) groups is 4. The van der Waals surface area contributed by atoms with Crippen LogP contribution in [0.15, 0.2) is 60.8 Å². The molecule has 0 spiro atoms. The molecule has 94 heavy (non-hydrogen) atoms. The second-order valence-electron chi connectivity index (χ2n) is 25.2. The lowest BCUT2D eigenvalue weighted by Crippen LogP contribution is -2.30. The van der Waals surface area contributed by atoms with Gasteiger partial charge < -0.3 is 33.8 Å². The maximum absolute atomic E-state index is 13.1. The van der Waals surface area contributed by atoms with Crippen molar-refractivity contribution in [3.63, 3.8) is 0 Å². The molecule has 0 aromatic heterocycles. The van der Waals surface area contributed by atoms with Crippen molar-refractivity contribution in [1.29, 1.82) is 0 Å². The molecule has 0 aromatic rings. The molecule has 0 amide bonds. The lowest BCUT2D eigenvalue weighted by molar-refractivity contribution is -0.161. The summed E-state index contributed by atoms with van der Waals surface area (Å²) in [5.41, 5.74) is 0. The quantitative estimate of drug-likeness (QED) is 0.0169. The van der Waals surface area contributed by atoms with Crippen molar-refractivity contribution < 1.29 is 80.2 Å². The fourth-order valence-corrected chi connectivity index (χ4v) is 11.8. The fraction of sp³-hybridized carbons (Fsp3) is 0.813. The van der Waals surface area contributed by atoms with E-state index in [1.807, 2.05) is 0 Å². The van der Waals surface area contributed by atoms with Gasteiger partial charge in [0.05, 0.1) is 26.4 Å². The van der Waals surface area contributed by atoms with E-state index in [-0.39, 0.29) is 25.7 Å². The van der Waals surface area contributed by atoms with E-state index in [2.05, 4.69) is 88.5 Å². The Bertz CT molecular complexity index is 2030. The van der Waals surface area contributed by atoms with E-state index in [1.165, 1.54) is 122 Å². The highest BCUT2D eigenvalue weighted by Gasteiger charge is 2.30. The van der Waals surface area contributed by atoms with Crippen LogP contribution in [0.2, 0.25) is 0 Å². The number of carbonyl (C=O) groups excluding carboxylic acids is 4. The molecule has 0 aromatic carbocycles. The molecule has 0 fully saturated rings. The molecule has 19 heteroatoms. The zero-order chi connectivity index (χ0) is 69.0. The molecule has 0 bridgehead atoms. The Labute approximate surface area is 571 Å². The molecule has 3 N–H and O–H groups in total. The summed E-state index contributed by atoms with van der Waals surface area (Å²) >= 11 is 0. The van der Waals surface area contributed by atoms with Crippen LogP contribution in [0.5, 0.6) is 0 Å². The first kappa shape index (κ1) is 90.8. The zero-order valence-electron chi connectivity index (χ0n) is 59.6. The highest BCUT2D eigenvalue weighted by atomic mass is 31.2. The number of unbranched alkanes of at least 4 members (excludes halogenated alkanes) is 35. The summed E-state index contributed by atoms with van der Waals surface area (Å²) in [5, 5.41) is 10.6. The van der Waals surface area contributed by atoms with E-state index in [1.54, 1.807) is 0 Å². The molecule has 548 valence electrons. The highest BCUT2D eigenvalue weighted by molar-refractivity contribution is 7.47. The minimum Gasteiger partial charge on any atom is -0.462 e. The lowest BCUT2D eigenvalue weighted by atomic mass is 10.1. The van der Waals surface area contributed by atoms with Crippen LogP contribution in [0, 0.1) is 0 Å². The topological polar surface area (TPSA) is 237 Å². The number of phosphoric ester groups is 2. The Balaban J connectivity index is 5.32. The van der Waals surface area contributed by atoms with E-state index in [0.717, 1.165) is 135 Å². The normalized spacial score (nSPS) is 14.3. The van der Waals surface area contributed by atoms with Crippen LogP contribution in [0.1, 0.15) is 336 Å². The summed E-state index contributed by atoms with van der Waals surface area (Å²) in [6.07, 6.45) is 65.0. The van der Waals surface area contributed by atoms with Crippen LogP contribution in [0.4, 0.5) is 0 Å². The maximum Gasteiger partial charge on any atom is 0.472 e. The standard InChI is InChI=1S/C75H136O17P2/c1-5-9-13-17-21-25-29-31-33-34-36-37-41-44-48-52-56-60-73(78)86-66-71(92-75(80)62-58-54-50-46-42-38-35-32-30-26-22-18-14-10-6-2)68-90-94(83,84)88-64-69(76)63-87-93(81,82)89-67-70(91-74(79)61-57-53-49-45-40-28-24-20-16-12-8-4)65-85-72(77)59-55-51-47-43-39-27-23-19-15-11-7-3/h9,13,21,25,31-33,35-37,69-71,76H,5-8,10-12,14-20,22-24,26-30,34,38-68H2,1-4H3,(H,81,82)(H,83,84)/b13-9-,25-21-,33-31-,35-32-,37-36-. The third-order valence-corrected chi connectivity index (χ3v) is 17.9. The second-order valence-corrected chi connectivity index (χ2v) is 28.1. The number of hydrogen-bond donors (Lipinski definition) is 3. The van der Waals surface area contributed by atoms with Gasteiger partial charge in [0, 0.05) is 25.7 Å². The summed E-state index contributed by atoms with van der Waals surface area (Å²) in [4.78, 5) is 72.7. The smallest absolute Gasteiger partial charge is 0.462 e. The number of hydrogen-bond acceptors (Lipinski definition) is 15. The van der Waals surface area contributed by atoms with Crippen molar-refractivity contribution in [2.75, 3.05) is 39.6 Å². The van der Waals surface area contributed by atoms with Crippen molar-refractivity contribution in [3.05, 3.63) is 60.8 Å². The molecular formula is C75H136O17P2. The van der Waals surface area contributed by atoms with Gasteiger partial charge in [-0.3, -0.25) is 37.3 Å². The predicted molar refractivity (Wildman–Crippen MR) is 381 cm³/mol. The van der Waals surface area contributed by atoms with E-state index >= 15 is 0 Å². The van der Waals surface area contributed by atoms with Crippen LogP contribution in [0.25, 0.3) is 0 Å². The van der Waals surface area contributed by atoms with Crippen LogP contribution in [-0.2, 0) is 65.4 Å². The summed E-state index contributed by atoms with van der Waals surface area (Å²) in [6.45, 7) is 4.75. The minimum atomic E-state index is -4.97. The Morgan fingerprint density at radius 2 is 0.553 bits per heavy atom. The monoisotopic (exact) mass is 1370 g/mol. The number of allylic oxidation sites excluding steroid dienone is 10. The fourth-order valence-electron chi connectivity index (χ4n) is 10.3. The second kappa shape index (κ2) is 68.3. The number of esters is 4. The van der Waals surface area contributed by atoms with Gasteiger partial charge in [-0.25, -0.2) is 9.13 Å². The van der Waals surface area contributed by atoms with Crippen LogP contribution >= 0.6 is 15.6 Å². The molecule has 0 saturated carbocycles. The molecular weight excluding hydrogens is 1230 g/mol. The molecule has 5 atom stereocenters. The first-order valence-corrected chi connectivity index (χ1v) is 40.5. The highest BCUT2D eigenvalue weighted by Crippen LogP contribution is 2.45. The van der Waals surface area contributed by atoms with Crippen LogP contribution < -0.4 is 0 Å². The Hall–Kier alpha value is -3.24. The van der Waals surface area contributed by atoms with Gasteiger partial charge in [-0.2, -0.15) is 0 Å². The first-order valence-electron chi connectivity index (χ1n) is 37.5. The Morgan fingerprint density at radius 1 is 0.309 bits per heavy atom. The molecule has 0 rings (SSSR count). The van der Waals surface area contributed by atoms with Gasteiger partial charge >= 0.3 is 39.5 Å². The van der Waals surface area contributed by atoms with Gasteiger partial charge in [0.25, 0.3) is 0 Å². The van der Waals surface area contributed by atoms with E-state index < -0.39 is 97.5 Å².